The van der Waals surface area contributed by atoms with Crippen LogP contribution in [0, 0.1) is 0 Å². The zero-order valence-corrected chi connectivity index (χ0v) is 10.7. The van der Waals surface area contributed by atoms with Crippen LogP contribution < -0.4 is 10.6 Å². The molecule has 2 unspecified atom stereocenters. The summed E-state index contributed by atoms with van der Waals surface area (Å²) in [5, 5.41) is 4.88. The number of hydrogen-bond donors (Lipinski definition) is 3. The maximum atomic E-state index is 14.1. The van der Waals surface area contributed by atoms with Gasteiger partial charge >= 0.3 is 0 Å². The summed E-state index contributed by atoms with van der Waals surface area (Å²) in [5.74, 6) is -0.0997. The Morgan fingerprint density at radius 3 is 2.94 bits per heavy atom. The monoisotopic (exact) mass is 248 g/mol. The minimum atomic E-state index is -1.40. The fraction of sp³-hybridized carbons (Fsp3) is 0.909. The van der Waals surface area contributed by atoms with Crippen LogP contribution in [-0.2, 0) is 4.79 Å². The maximum absolute atomic E-state index is 14.1. The van der Waals surface area contributed by atoms with Crippen molar-refractivity contribution in [3.63, 3.8) is 0 Å². The van der Waals surface area contributed by atoms with E-state index >= 15 is 0 Å². The van der Waals surface area contributed by atoms with Crippen molar-refractivity contribution in [2.24, 2.45) is 0 Å². The second kappa shape index (κ2) is 6.45. The van der Waals surface area contributed by atoms with Gasteiger partial charge in [0.2, 0.25) is 5.91 Å². The highest BCUT2D eigenvalue weighted by atomic mass is 32.1. The Kier molecular flexibility index (Phi) is 5.55. The van der Waals surface area contributed by atoms with E-state index in [1.807, 2.05) is 0 Å². The minimum Gasteiger partial charge on any atom is -0.341 e. The highest BCUT2D eigenvalue weighted by molar-refractivity contribution is 7.81. The Morgan fingerprint density at radius 2 is 2.38 bits per heavy atom. The fourth-order valence-corrected chi connectivity index (χ4v) is 2.17. The molecule has 1 rings (SSSR count). The summed E-state index contributed by atoms with van der Waals surface area (Å²) in [6.07, 6.45) is 3.85. The van der Waals surface area contributed by atoms with Gasteiger partial charge in [-0.05, 0) is 19.4 Å². The maximum Gasteiger partial charge on any atom is 0.220 e. The third-order valence-electron chi connectivity index (χ3n) is 2.93. The third kappa shape index (κ3) is 3.94. The average Bonchev–Trinajstić information content (AvgIpc) is 2.67. The van der Waals surface area contributed by atoms with Crippen LogP contribution in [0.2, 0.25) is 0 Å². The molecular weight excluding hydrogens is 227 g/mol. The first-order valence-corrected chi connectivity index (χ1v) is 6.47. The minimum absolute atomic E-state index is 0.0997. The number of amides is 1. The van der Waals surface area contributed by atoms with Gasteiger partial charge in [0.25, 0.3) is 0 Å². The lowest BCUT2D eigenvalue weighted by Gasteiger charge is -2.26. The average molecular weight is 248 g/mol. The van der Waals surface area contributed by atoms with E-state index in [0.717, 1.165) is 19.3 Å². The summed E-state index contributed by atoms with van der Waals surface area (Å²) in [6.45, 7) is 3.01. The van der Waals surface area contributed by atoms with Gasteiger partial charge in [0.15, 0.2) is 5.67 Å². The van der Waals surface area contributed by atoms with Crippen molar-refractivity contribution in [1.82, 2.24) is 10.6 Å². The molecule has 16 heavy (non-hydrogen) atoms. The van der Waals surface area contributed by atoms with Gasteiger partial charge in [0, 0.05) is 13.0 Å². The quantitative estimate of drug-likeness (QED) is 0.380. The SMILES string of the molecule is CCCCCC(=O)NC(S)C1(F)CCNC1. The van der Waals surface area contributed by atoms with E-state index in [1.165, 1.54) is 0 Å². The number of alkyl halides is 1. The first-order chi connectivity index (χ1) is 7.58. The molecule has 94 valence electrons. The van der Waals surface area contributed by atoms with Crippen LogP contribution >= 0.6 is 12.6 Å². The number of unbranched alkanes of at least 4 members (excludes halogenated alkanes) is 2. The van der Waals surface area contributed by atoms with Gasteiger partial charge in [-0.3, -0.25) is 4.79 Å². The molecule has 0 aliphatic carbocycles. The summed E-state index contributed by atoms with van der Waals surface area (Å²) in [6, 6.07) is 0. The van der Waals surface area contributed by atoms with Crippen LogP contribution in [0.4, 0.5) is 4.39 Å². The Labute approximate surface area is 102 Å². The first kappa shape index (κ1) is 13.8. The van der Waals surface area contributed by atoms with E-state index in [2.05, 4.69) is 30.2 Å². The molecule has 2 N–H and O–H groups in total. The molecule has 0 aromatic heterocycles. The molecule has 5 heteroatoms. The lowest BCUT2D eigenvalue weighted by molar-refractivity contribution is -0.122. The number of halogens is 1. The molecule has 0 radical (unpaired) electrons. The fourth-order valence-electron chi connectivity index (χ4n) is 1.80. The van der Waals surface area contributed by atoms with Crippen molar-refractivity contribution in [1.29, 1.82) is 0 Å². The molecule has 1 aliphatic rings. The predicted octanol–water partition coefficient (Wildman–Crippen LogP) is 1.64. The van der Waals surface area contributed by atoms with E-state index < -0.39 is 11.0 Å². The second-order valence-corrected chi connectivity index (χ2v) is 4.90. The van der Waals surface area contributed by atoms with Crippen LogP contribution in [0.25, 0.3) is 0 Å². The second-order valence-electron chi connectivity index (χ2n) is 4.39. The zero-order valence-electron chi connectivity index (χ0n) is 9.76. The van der Waals surface area contributed by atoms with E-state index in [-0.39, 0.29) is 12.5 Å². The molecule has 2 atom stereocenters. The predicted molar refractivity (Wildman–Crippen MR) is 66.4 cm³/mol. The summed E-state index contributed by atoms with van der Waals surface area (Å²) >= 11 is 4.15. The van der Waals surface area contributed by atoms with Crippen molar-refractivity contribution in [2.45, 2.75) is 50.1 Å². The number of thiol groups is 1. The van der Waals surface area contributed by atoms with Crippen LogP contribution in [0.3, 0.4) is 0 Å². The first-order valence-electron chi connectivity index (χ1n) is 5.95. The van der Waals surface area contributed by atoms with Gasteiger partial charge in [-0.15, -0.1) is 0 Å². The number of carbonyl (C=O) groups is 1. The summed E-state index contributed by atoms with van der Waals surface area (Å²) < 4.78 is 14.1. The Balaban J connectivity index is 2.27. The van der Waals surface area contributed by atoms with Gasteiger partial charge in [-0.25, -0.2) is 4.39 Å². The molecule has 0 aromatic carbocycles. The number of nitrogens with one attached hydrogen (secondary N) is 2. The van der Waals surface area contributed by atoms with Gasteiger partial charge in [-0.1, -0.05) is 19.8 Å². The van der Waals surface area contributed by atoms with Crippen molar-refractivity contribution in [3.8, 4) is 0 Å². The van der Waals surface area contributed by atoms with Crippen molar-refractivity contribution in [3.05, 3.63) is 0 Å². The van der Waals surface area contributed by atoms with Gasteiger partial charge in [-0.2, -0.15) is 12.6 Å². The lowest BCUT2D eigenvalue weighted by atomic mass is 10.1. The normalized spacial score (nSPS) is 26.7. The standard InChI is InChI=1S/C11H21FN2OS/c1-2-3-4-5-9(15)14-10(16)11(12)6-7-13-8-11/h10,13,16H,2-8H2,1H3,(H,14,15). The molecule has 0 bridgehead atoms. The smallest absolute Gasteiger partial charge is 0.220 e. The van der Waals surface area contributed by atoms with Crippen molar-refractivity contribution in [2.75, 3.05) is 13.1 Å². The number of rotatable bonds is 6. The van der Waals surface area contributed by atoms with E-state index in [0.29, 0.717) is 19.4 Å². The molecule has 0 saturated carbocycles. The van der Waals surface area contributed by atoms with Crippen LogP contribution in [0.15, 0.2) is 0 Å². The molecule has 0 spiro atoms. The van der Waals surface area contributed by atoms with Crippen molar-refractivity contribution < 1.29 is 9.18 Å². The van der Waals surface area contributed by atoms with Crippen LogP contribution in [0.5, 0.6) is 0 Å². The molecule has 1 aliphatic heterocycles. The van der Waals surface area contributed by atoms with Gasteiger partial charge < -0.3 is 10.6 Å². The third-order valence-corrected chi connectivity index (χ3v) is 3.52. The highest BCUT2D eigenvalue weighted by Crippen LogP contribution is 2.26. The summed E-state index contributed by atoms with van der Waals surface area (Å²) in [7, 11) is 0. The zero-order chi connectivity index (χ0) is 12.0. The molecule has 1 saturated heterocycles. The van der Waals surface area contributed by atoms with E-state index in [1.54, 1.807) is 0 Å². The van der Waals surface area contributed by atoms with Crippen LogP contribution in [-0.4, -0.2) is 30.0 Å². The molecule has 1 fully saturated rings. The molecule has 1 heterocycles. The largest absolute Gasteiger partial charge is 0.341 e. The van der Waals surface area contributed by atoms with Gasteiger partial charge in [0.05, 0.1) is 0 Å². The van der Waals surface area contributed by atoms with E-state index in [4.69, 9.17) is 0 Å². The van der Waals surface area contributed by atoms with Gasteiger partial charge in [0.1, 0.15) is 5.37 Å². The molecule has 3 nitrogen and oxygen atoms in total. The Morgan fingerprint density at radius 1 is 1.62 bits per heavy atom. The van der Waals surface area contributed by atoms with E-state index in [9.17, 15) is 9.18 Å². The molecular formula is C11H21FN2OS. The molecule has 0 aromatic rings. The highest BCUT2D eigenvalue weighted by Gasteiger charge is 2.40. The van der Waals surface area contributed by atoms with Crippen molar-refractivity contribution >= 4 is 18.5 Å². The summed E-state index contributed by atoms with van der Waals surface area (Å²) in [5.41, 5.74) is -1.40. The Bertz CT molecular complexity index is 232. The topological polar surface area (TPSA) is 41.1 Å². The molecule has 1 amide bonds. The number of hydrogen-bond acceptors (Lipinski definition) is 3. The number of carbonyl (C=O) groups excluding carboxylic acids is 1. The summed E-state index contributed by atoms with van der Waals surface area (Å²) in [4.78, 5) is 11.5. The Hall–Kier alpha value is -0.290. The van der Waals surface area contributed by atoms with Crippen LogP contribution in [0.1, 0.15) is 39.0 Å². The lowest BCUT2D eigenvalue weighted by Crippen LogP contribution is -2.47.